The molecule has 6 rings (SSSR count). The van der Waals surface area contributed by atoms with Gasteiger partial charge in [-0.2, -0.15) is 0 Å². The Labute approximate surface area is 298 Å². The van der Waals surface area contributed by atoms with Crippen LogP contribution in [-0.4, -0.2) is 46.9 Å². The highest BCUT2D eigenvalue weighted by atomic mass is 16.5. The molecule has 278 valence electrons. The Morgan fingerprint density at radius 2 is 1.55 bits per heavy atom. The number of carbonyl (C=O) groups excluding carboxylic acids is 1. The molecule has 0 unspecified atom stereocenters. The fourth-order valence-electron chi connectivity index (χ4n) is 13.8. The number of fused-ring (bicyclic) bond motifs is 7. The minimum Gasteiger partial charge on any atom is -0.481 e. The third-order valence-electron chi connectivity index (χ3n) is 16.9. The van der Waals surface area contributed by atoms with E-state index >= 15 is 0 Å². The van der Waals surface area contributed by atoms with Crippen molar-refractivity contribution in [2.75, 3.05) is 6.54 Å². The van der Waals surface area contributed by atoms with Crippen LogP contribution in [0.4, 0.5) is 0 Å². The van der Waals surface area contributed by atoms with Crippen molar-refractivity contribution < 1.29 is 24.5 Å². The highest BCUT2D eigenvalue weighted by molar-refractivity contribution is 5.81. The number of allylic oxidation sites excluding steroid dienone is 1. The molecular formula is C43H71NO5. The van der Waals surface area contributed by atoms with Crippen LogP contribution in [-0.2, 0) is 14.3 Å². The Morgan fingerprint density at radius 3 is 2.20 bits per heavy atom. The fraction of sp³-hybridized carbons (Fsp3) is 0.907. The van der Waals surface area contributed by atoms with Gasteiger partial charge >= 0.3 is 11.9 Å². The highest BCUT2D eigenvalue weighted by Crippen LogP contribution is 2.77. The number of hydrogen-bond donors (Lipinski definition) is 3. The number of ether oxygens (including phenoxy) is 1. The van der Waals surface area contributed by atoms with Crippen molar-refractivity contribution in [3.05, 3.63) is 11.1 Å². The first-order valence-electron chi connectivity index (χ1n) is 20.4. The number of esters is 1. The summed E-state index contributed by atoms with van der Waals surface area (Å²) in [6, 6.07) is 0.566. The van der Waals surface area contributed by atoms with Crippen LogP contribution < -0.4 is 5.32 Å². The second-order valence-corrected chi connectivity index (χ2v) is 20.3. The molecule has 0 radical (unpaired) electrons. The molecule has 6 aliphatic carbocycles. The van der Waals surface area contributed by atoms with Crippen LogP contribution in [0.15, 0.2) is 11.1 Å². The second-order valence-electron chi connectivity index (χ2n) is 20.3. The van der Waals surface area contributed by atoms with Crippen LogP contribution in [0.5, 0.6) is 0 Å². The minimum atomic E-state index is -1.13. The second kappa shape index (κ2) is 12.9. The zero-order valence-electron chi connectivity index (χ0n) is 32.7. The quantitative estimate of drug-likeness (QED) is 0.166. The van der Waals surface area contributed by atoms with Crippen LogP contribution >= 0.6 is 0 Å². The summed E-state index contributed by atoms with van der Waals surface area (Å²) in [6.07, 6.45) is 17.2. The molecule has 0 amide bonds. The first kappa shape index (κ1) is 37.4. The molecule has 0 heterocycles. The van der Waals surface area contributed by atoms with E-state index in [-0.39, 0.29) is 51.7 Å². The zero-order valence-corrected chi connectivity index (χ0v) is 32.7. The van der Waals surface area contributed by atoms with Gasteiger partial charge in [0.05, 0.1) is 17.9 Å². The molecule has 0 aromatic rings. The molecule has 0 bridgehead atoms. The lowest BCUT2D eigenvalue weighted by Crippen LogP contribution is -2.66. The predicted octanol–water partition coefficient (Wildman–Crippen LogP) is 9.48. The third kappa shape index (κ3) is 5.88. The Bertz CT molecular complexity index is 1310. The molecule has 6 aliphatic rings. The zero-order chi connectivity index (χ0) is 35.8. The molecule has 5 saturated carbocycles. The van der Waals surface area contributed by atoms with Crippen LogP contribution in [0.1, 0.15) is 165 Å². The highest BCUT2D eigenvalue weighted by Gasteiger charge is 2.70. The Kier molecular flexibility index (Phi) is 9.85. The van der Waals surface area contributed by atoms with Crippen molar-refractivity contribution in [1.82, 2.24) is 5.32 Å². The van der Waals surface area contributed by atoms with E-state index in [2.05, 4.69) is 53.8 Å². The van der Waals surface area contributed by atoms with Gasteiger partial charge in [-0.05, 0) is 131 Å². The number of aliphatic carboxylic acids is 1. The molecule has 0 aromatic heterocycles. The number of carboxylic acids is 1. The molecule has 49 heavy (non-hydrogen) atoms. The SMILES string of the molecule is CC(C)C1=C2[C@H]3CC[C@@H]4[C@@]5(C)CC[C@H](OC(=O)CC(C)(C)C(=O)O)C(C)(C)[C@@H]5CC[C@@]4(C)[C@]3(C)CC[C@@]2([C@H](O)CNC2CCCCC2)CC1. The summed E-state index contributed by atoms with van der Waals surface area (Å²) in [5, 5.41) is 25.7. The average Bonchev–Trinajstić information content (AvgIpc) is 3.43. The van der Waals surface area contributed by atoms with E-state index in [1.807, 2.05) is 0 Å². The average molecular weight is 682 g/mol. The van der Waals surface area contributed by atoms with Crippen molar-refractivity contribution >= 4 is 11.9 Å². The maximum Gasteiger partial charge on any atom is 0.309 e. The minimum absolute atomic E-state index is 0.0745. The van der Waals surface area contributed by atoms with E-state index in [1.54, 1.807) is 25.0 Å². The summed E-state index contributed by atoms with van der Waals surface area (Å²) < 4.78 is 6.19. The van der Waals surface area contributed by atoms with Gasteiger partial charge in [-0.25, -0.2) is 0 Å². The lowest BCUT2D eigenvalue weighted by Gasteiger charge is -2.72. The Hall–Kier alpha value is -1.40. The molecule has 0 saturated heterocycles. The summed E-state index contributed by atoms with van der Waals surface area (Å²) in [5.74, 6) is 0.776. The molecule has 6 nitrogen and oxygen atoms in total. The third-order valence-corrected chi connectivity index (χ3v) is 16.9. The van der Waals surface area contributed by atoms with E-state index in [9.17, 15) is 19.8 Å². The predicted molar refractivity (Wildman–Crippen MR) is 196 cm³/mol. The normalized spacial score (nSPS) is 41.4. The monoisotopic (exact) mass is 682 g/mol. The topological polar surface area (TPSA) is 95.9 Å². The van der Waals surface area contributed by atoms with Gasteiger partial charge in [0.25, 0.3) is 0 Å². The van der Waals surface area contributed by atoms with Crippen molar-refractivity contribution in [2.24, 2.45) is 56.2 Å². The van der Waals surface area contributed by atoms with E-state index < -0.39 is 11.4 Å². The van der Waals surface area contributed by atoms with Gasteiger partial charge in [0.15, 0.2) is 0 Å². The molecule has 5 fully saturated rings. The summed E-state index contributed by atoms with van der Waals surface area (Å²) in [7, 11) is 0. The van der Waals surface area contributed by atoms with Gasteiger partial charge in [-0.3, -0.25) is 9.59 Å². The molecule has 0 aliphatic heterocycles. The standard InChI is InChI=1S/C43H71NO5/c1-27(2)29-17-22-43(33(45)26-44-28-13-11-10-12-14-28)24-23-41(8)30(36(29)43)15-16-32-40(7)20-19-34(49-35(46)25-38(3,4)37(47)48)39(5,6)31(40)18-21-42(32,41)9/h27-28,30-34,44-45H,10-26H2,1-9H3,(H,47,48)/t30-,31+,32-,33-,34+,40+,41-,42-,43-/m1/s1. The molecule has 0 spiro atoms. The summed E-state index contributed by atoms with van der Waals surface area (Å²) in [4.78, 5) is 24.8. The number of carbonyl (C=O) groups is 2. The summed E-state index contributed by atoms with van der Waals surface area (Å²) >= 11 is 0. The van der Waals surface area contributed by atoms with E-state index in [0.29, 0.717) is 29.7 Å². The van der Waals surface area contributed by atoms with Crippen molar-refractivity contribution in [3.8, 4) is 0 Å². The van der Waals surface area contributed by atoms with Crippen molar-refractivity contribution in [1.29, 1.82) is 0 Å². The van der Waals surface area contributed by atoms with Gasteiger partial charge in [-0.15, -0.1) is 0 Å². The van der Waals surface area contributed by atoms with Gasteiger partial charge in [0, 0.05) is 23.4 Å². The molecule has 6 heteroatoms. The first-order valence-corrected chi connectivity index (χ1v) is 20.4. The van der Waals surface area contributed by atoms with Crippen LogP contribution in [0, 0.1) is 56.2 Å². The lowest BCUT2D eigenvalue weighted by molar-refractivity contribution is -0.235. The van der Waals surface area contributed by atoms with Crippen molar-refractivity contribution in [2.45, 2.75) is 183 Å². The smallest absolute Gasteiger partial charge is 0.309 e. The largest absolute Gasteiger partial charge is 0.481 e. The van der Waals surface area contributed by atoms with Crippen LogP contribution in [0.25, 0.3) is 0 Å². The number of nitrogens with one attached hydrogen (secondary N) is 1. The van der Waals surface area contributed by atoms with Crippen LogP contribution in [0.3, 0.4) is 0 Å². The van der Waals surface area contributed by atoms with E-state index in [0.717, 1.165) is 45.1 Å². The maximum atomic E-state index is 13.1. The van der Waals surface area contributed by atoms with Gasteiger partial charge in [0.1, 0.15) is 6.10 Å². The van der Waals surface area contributed by atoms with E-state index in [1.165, 1.54) is 57.8 Å². The first-order chi connectivity index (χ1) is 22.8. The number of carboxylic acid groups (broad SMARTS) is 1. The summed E-state index contributed by atoms with van der Waals surface area (Å²) in [6.45, 7) is 21.3. The Morgan fingerprint density at radius 1 is 0.857 bits per heavy atom. The van der Waals surface area contributed by atoms with Crippen molar-refractivity contribution in [3.63, 3.8) is 0 Å². The number of hydrogen-bond acceptors (Lipinski definition) is 5. The van der Waals surface area contributed by atoms with E-state index in [4.69, 9.17) is 4.74 Å². The Balaban J connectivity index is 1.25. The molecular weight excluding hydrogens is 610 g/mol. The fourth-order valence-corrected chi connectivity index (χ4v) is 13.8. The number of aliphatic hydroxyl groups is 1. The van der Waals surface area contributed by atoms with Gasteiger partial charge in [0.2, 0.25) is 0 Å². The van der Waals surface area contributed by atoms with Gasteiger partial charge in [-0.1, -0.05) is 78.9 Å². The van der Waals surface area contributed by atoms with Gasteiger partial charge < -0.3 is 20.3 Å². The molecule has 9 atom stereocenters. The molecule has 0 aromatic carbocycles. The maximum absolute atomic E-state index is 13.1. The molecule has 3 N–H and O–H groups in total. The number of rotatable bonds is 9. The van der Waals surface area contributed by atoms with Crippen LogP contribution in [0.2, 0.25) is 0 Å². The summed E-state index contributed by atoms with van der Waals surface area (Å²) in [5.41, 5.74) is 2.55. The lowest BCUT2D eigenvalue weighted by atomic mass is 9.33. The number of aliphatic hydroxyl groups excluding tert-OH is 1.